The third-order valence-corrected chi connectivity index (χ3v) is 1.94. The van der Waals surface area contributed by atoms with Crippen molar-refractivity contribution in [2.45, 2.75) is 6.92 Å². The molecule has 0 spiro atoms. The number of hydroxylamine groups is 1. The van der Waals surface area contributed by atoms with Crippen molar-refractivity contribution >= 4 is 11.9 Å². The van der Waals surface area contributed by atoms with Crippen LogP contribution in [0.5, 0.6) is 11.5 Å². The van der Waals surface area contributed by atoms with E-state index >= 15 is 0 Å². The number of ether oxygens (including phenoxy) is 2. The van der Waals surface area contributed by atoms with E-state index in [1.54, 1.807) is 12.1 Å². The van der Waals surface area contributed by atoms with Gasteiger partial charge in [0, 0.05) is 6.92 Å². The Morgan fingerprint density at radius 1 is 1.18 bits per heavy atom. The molecule has 0 aliphatic rings. The Kier molecular flexibility index (Phi) is 4.33. The van der Waals surface area contributed by atoms with Gasteiger partial charge in [0.05, 0.1) is 19.8 Å². The molecular formula is C11H13NO5. The molecule has 1 aromatic carbocycles. The molecule has 6 nitrogen and oxygen atoms in total. The van der Waals surface area contributed by atoms with Gasteiger partial charge in [-0.15, -0.1) is 0 Å². The van der Waals surface area contributed by atoms with Crippen molar-refractivity contribution in [3.8, 4) is 11.5 Å². The molecule has 0 saturated heterocycles. The van der Waals surface area contributed by atoms with Gasteiger partial charge in [0.25, 0.3) is 5.91 Å². The minimum atomic E-state index is -0.611. The highest BCUT2D eigenvalue weighted by Gasteiger charge is 2.16. The van der Waals surface area contributed by atoms with Crippen molar-refractivity contribution < 1.29 is 23.9 Å². The van der Waals surface area contributed by atoms with Crippen molar-refractivity contribution in [1.82, 2.24) is 5.48 Å². The van der Waals surface area contributed by atoms with Crippen molar-refractivity contribution in [3.05, 3.63) is 23.8 Å². The Labute approximate surface area is 98.4 Å². The molecule has 0 radical (unpaired) electrons. The van der Waals surface area contributed by atoms with Crippen molar-refractivity contribution in [1.29, 1.82) is 0 Å². The van der Waals surface area contributed by atoms with Gasteiger partial charge in [-0.25, -0.2) is 0 Å². The van der Waals surface area contributed by atoms with Gasteiger partial charge >= 0.3 is 5.97 Å². The molecule has 0 aromatic heterocycles. The summed E-state index contributed by atoms with van der Waals surface area (Å²) in [6.07, 6.45) is 0. The lowest BCUT2D eigenvalue weighted by molar-refractivity contribution is -0.146. The molecule has 1 amide bonds. The van der Waals surface area contributed by atoms with Gasteiger partial charge < -0.3 is 14.3 Å². The fraction of sp³-hybridized carbons (Fsp3) is 0.273. The number of carbonyl (C=O) groups is 2. The smallest absolute Gasteiger partial charge is 0.329 e. The topological polar surface area (TPSA) is 73.9 Å². The minimum Gasteiger partial charge on any atom is -0.493 e. The number of amides is 1. The molecule has 0 atom stereocenters. The van der Waals surface area contributed by atoms with Gasteiger partial charge in [-0.2, -0.15) is 5.48 Å². The average Bonchev–Trinajstić information content (AvgIpc) is 2.34. The summed E-state index contributed by atoms with van der Waals surface area (Å²) in [6, 6.07) is 4.81. The molecule has 1 aromatic rings. The average molecular weight is 239 g/mol. The molecule has 0 heterocycles. The molecule has 0 saturated carbocycles. The second kappa shape index (κ2) is 5.74. The number of carbonyl (C=O) groups excluding carboxylic acids is 2. The van der Waals surface area contributed by atoms with Crippen LogP contribution in [-0.4, -0.2) is 26.1 Å². The molecule has 17 heavy (non-hydrogen) atoms. The third-order valence-electron chi connectivity index (χ3n) is 1.94. The van der Waals surface area contributed by atoms with E-state index in [0.29, 0.717) is 5.75 Å². The molecule has 0 aliphatic carbocycles. The Hall–Kier alpha value is -2.24. The number of hydrogen-bond acceptors (Lipinski definition) is 5. The van der Waals surface area contributed by atoms with Gasteiger partial charge in [-0.3, -0.25) is 9.59 Å². The Morgan fingerprint density at radius 3 is 2.41 bits per heavy atom. The molecule has 1 N–H and O–H groups in total. The maximum absolute atomic E-state index is 11.7. The van der Waals surface area contributed by atoms with E-state index in [1.165, 1.54) is 27.2 Å². The summed E-state index contributed by atoms with van der Waals surface area (Å²) in [5, 5.41) is 0. The van der Waals surface area contributed by atoms with Crippen LogP contribution in [0.1, 0.15) is 17.3 Å². The zero-order valence-electron chi connectivity index (χ0n) is 9.77. The highest BCUT2D eigenvalue weighted by molar-refractivity contribution is 5.97. The summed E-state index contributed by atoms with van der Waals surface area (Å²) >= 11 is 0. The fourth-order valence-electron chi connectivity index (χ4n) is 1.24. The predicted octanol–water partition coefficient (Wildman–Crippen LogP) is 0.912. The van der Waals surface area contributed by atoms with Gasteiger partial charge in [0.2, 0.25) is 0 Å². The van der Waals surface area contributed by atoms with Gasteiger partial charge in [0.15, 0.2) is 11.5 Å². The van der Waals surface area contributed by atoms with E-state index in [9.17, 15) is 9.59 Å². The minimum absolute atomic E-state index is 0.216. The first-order valence-electron chi connectivity index (χ1n) is 4.79. The lowest BCUT2D eigenvalue weighted by atomic mass is 10.2. The Bertz CT molecular complexity index is 430. The van der Waals surface area contributed by atoms with Crippen LogP contribution in [0, 0.1) is 0 Å². The fourth-order valence-corrected chi connectivity index (χ4v) is 1.24. The summed E-state index contributed by atoms with van der Waals surface area (Å²) in [5.74, 6) is -0.501. The van der Waals surface area contributed by atoms with Crippen molar-refractivity contribution in [2.75, 3.05) is 14.2 Å². The number of para-hydroxylation sites is 1. The first kappa shape index (κ1) is 12.8. The summed E-state index contributed by atoms with van der Waals surface area (Å²) in [7, 11) is 2.88. The maximum atomic E-state index is 11.7. The number of methoxy groups -OCH3 is 2. The second-order valence-electron chi connectivity index (χ2n) is 3.07. The molecular weight excluding hydrogens is 226 g/mol. The number of nitrogens with one attached hydrogen (secondary N) is 1. The highest BCUT2D eigenvalue weighted by Crippen LogP contribution is 2.30. The summed E-state index contributed by atoms with van der Waals surface area (Å²) in [5.41, 5.74) is 2.22. The Balaban J connectivity index is 2.96. The second-order valence-corrected chi connectivity index (χ2v) is 3.07. The molecule has 0 bridgehead atoms. The molecule has 0 fully saturated rings. The standard InChI is InChI=1S/C11H13NO5/c1-7(13)17-12-11(14)8-5-4-6-9(15-2)10(8)16-3/h4-6H,1-3H3,(H,12,14). The van der Waals surface area contributed by atoms with E-state index in [2.05, 4.69) is 4.84 Å². The molecule has 6 heteroatoms. The van der Waals surface area contributed by atoms with Gasteiger partial charge in [-0.05, 0) is 12.1 Å². The van der Waals surface area contributed by atoms with Crippen LogP contribution in [0.3, 0.4) is 0 Å². The summed E-state index contributed by atoms with van der Waals surface area (Å²) in [6.45, 7) is 1.18. The summed E-state index contributed by atoms with van der Waals surface area (Å²) in [4.78, 5) is 26.6. The lowest BCUT2D eigenvalue weighted by Gasteiger charge is -2.11. The molecule has 0 aliphatic heterocycles. The van der Waals surface area contributed by atoms with E-state index in [1.807, 2.05) is 5.48 Å². The van der Waals surface area contributed by atoms with Crippen LogP contribution in [-0.2, 0) is 9.63 Å². The first-order valence-corrected chi connectivity index (χ1v) is 4.79. The van der Waals surface area contributed by atoms with Crippen LogP contribution >= 0.6 is 0 Å². The van der Waals surface area contributed by atoms with Crippen LogP contribution < -0.4 is 15.0 Å². The zero-order chi connectivity index (χ0) is 12.8. The van der Waals surface area contributed by atoms with Gasteiger partial charge in [0.1, 0.15) is 0 Å². The predicted molar refractivity (Wildman–Crippen MR) is 58.8 cm³/mol. The van der Waals surface area contributed by atoms with E-state index in [4.69, 9.17) is 9.47 Å². The van der Waals surface area contributed by atoms with Crippen molar-refractivity contribution in [3.63, 3.8) is 0 Å². The van der Waals surface area contributed by atoms with E-state index in [0.717, 1.165) is 0 Å². The Morgan fingerprint density at radius 2 is 1.88 bits per heavy atom. The number of hydrogen-bond donors (Lipinski definition) is 1. The number of rotatable bonds is 3. The first-order chi connectivity index (χ1) is 8.10. The third kappa shape index (κ3) is 3.10. The van der Waals surface area contributed by atoms with Crippen LogP contribution in [0.25, 0.3) is 0 Å². The van der Waals surface area contributed by atoms with E-state index in [-0.39, 0.29) is 11.3 Å². The summed E-state index contributed by atoms with van der Waals surface area (Å²) < 4.78 is 10.1. The van der Waals surface area contributed by atoms with Crippen LogP contribution in [0.4, 0.5) is 0 Å². The quantitative estimate of drug-likeness (QED) is 0.793. The maximum Gasteiger partial charge on any atom is 0.329 e. The molecule has 0 unspecified atom stereocenters. The van der Waals surface area contributed by atoms with Crippen LogP contribution in [0.15, 0.2) is 18.2 Å². The highest BCUT2D eigenvalue weighted by atomic mass is 16.7. The van der Waals surface area contributed by atoms with Crippen molar-refractivity contribution in [2.24, 2.45) is 0 Å². The van der Waals surface area contributed by atoms with E-state index < -0.39 is 11.9 Å². The monoisotopic (exact) mass is 239 g/mol. The molecule has 92 valence electrons. The normalized spacial score (nSPS) is 9.35. The van der Waals surface area contributed by atoms with Crippen LogP contribution in [0.2, 0.25) is 0 Å². The SMILES string of the molecule is COc1cccc(C(=O)NOC(C)=O)c1OC. The largest absolute Gasteiger partial charge is 0.493 e. The lowest BCUT2D eigenvalue weighted by Crippen LogP contribution is -2.26. The zero-order valence-corrected chi connectivity index (χ0v) is 9.77. The van der Waals surface area contributed by atoms with Gasteiger partial charge in [-0.1, -0.05) is 6.07 Å². The number of benzene rings is 1. The molecule has 1 rings (SSSR count).